The molecule has 104 valence electrons. The van der Waals surface area contributed by atoms with E-state index in [0.717, 1.165) is 5.56 Å². The summed E-state index contributed by atoms with van der Waals surface area (Å²) in [7, 11) is 0. The molecule has 0 aliphatic carbocycles. The second kappa shape index (κ2) is 7.05. The molecule has 0 saturated heterocycles. The van der Waals surface area contributed by atoms with Crippen LogP contribution in [-0.2, 0) is 0 Å². The Hall–Kier alpha value is -1.88. The molecule has 1 N–H and O–H groups in total. The summed E-state index contributed by atoms with van der Waals surface area (Å²) >= 11 is 3.19. The van der Waals surface area contributed by atoms with Crippen LogP contribution in [0, 0.1) is 0 Å². The molecule has 20 heavy (non-hydrogen) atoms. The van der Waals surface area contributed by atoms with Crippen molar-refractivity contribution in [3.8, 4) is 5.75 Å². The lowest BCUT2D eigenvalue weighted by molar-refractivity contribution is 0.0939. The fourth-order valence-electron chi connectivity index (χ4n) is 1.81. The molecule has 2 aromatic rings. The number of alkyl halides is 1. The smallest absolute Gasteiger partial charge is 0.251 e. The number of ether oxygens (including phenoxy) is 1. The molecule has 0 bridgehead atoms. The number of nitrogens with one attached hydrogen (secondary N) is 1. The number of halogens is 1. The first-order valence-electron chi connectivity index (χ1n) is 6.20. The zero-order chi connectivity index (χ0) is 14.4. The largest absolute Gasteiger partial charge is 0.482 e. The van der Waals surface area contributed by atoms with Crippen LogP contribution < -0.4 is 10.1 Å². The van der Waals surface area contributed by atoms with E-state index in [1.54, 1.807) is 30.6 Å². The Morgan fingerprint density at radius 2 is 2.10 bits per heavy atom. The van der Waals surface area contributed by atoms with E-state index in [-0.39, 0.29) is 11.9 Å². The van der Waals surface area contributed by atoms with Gasteiger partial charge in [0.15, 0.2) is 0 Å². The molecule has 5 heteroatoms. The third kappa shape index (κ3) is 3.81. The molecule has 1 heterocycles. The van der Waals surface area contributed by atoms with Gasteiger partial charge in [0.2, 0.25) is 0 Å². The van der Waals surface area contributed by atoms with E-state index in [1.807, 2.05) is 25.1 Å². The Balaban J connectivity index is 2.06. The Bertz CT molecular complexity index is 575. The van der Waals surface area contributed by atoms with Crippen LogP contribution in [0.1, 0.15) is 28.9 Å². The summed E-state index contributed by atoms with van der Waals surface area (Å²) < 4.78 is 5.31. The van der Waals surface area contributed by atoms with Gasteiger partial charge >= 0.3 is 0 Å². The predicted octanol–water partition coefficient (Wildman–Crippen LogP) is 3.30. The number of benzene rings is 1. The molecular formula is C15H15BrN2O2. The minimum absolute atomic E-state index is 0.0775. The van der Waals surface area contributed by atoms with Gasteiger partial charge < -0.3 is 10.1 Å². The van der Waals surface area contributed by atoms with Crippen LogP contribution in [0.3, 0.4) is 0 Å². The molecular weight excluding hydrogens is 320 g/mol. The maximum Gasteiger partial charge on any atom is 0.251 e. The van der Waals surface area contributed by atoms with Crippen molar-refractivity contribution in [2.75, 3.05) is 5.52 Å². The fourth-order valence-corrected chi connectivity index (χ4v) is 2.07. The van der Waals surface area contributed by atoms with E-state index in [9.17, 15) is 4.79 Å². The zero-order valence-corrected chi connectivity index (χ0v) is 12.6. The average molecular weight is 335 g/mol. The van der Waals surface area contributed by atoms with E-state index in [1.165, 1.54) is 0 Å². The van der Waals surface area contributed by atoms with Crippen molar-refractivity contribution < 1.29 is 9.53 Å². The van der Waals surface area contributed by atoms with Crippen LogP contribution in [-0.4, -0.2) is 16.4 Å². The number of carbonyl (C=O) groups excluding carboxylic acids is 1. The molecule has 0 saturated carbocycles. The van der Waals surface area contributed by atoms with Crippen LogP contribution in [0.5, 0.6) is 5.75 Å². The molecule has 1 atom stereocenters. The van der Waals surface area contributed by atoms with Gasteiger partial charge in [-0.2, -0.15) is 0 Å². The van der Waals surface area contributed by atoms with Crippen molar-refractivity contribution in [2.45, 2.75) is 13.0 Å². The highest BCUT2D eigenvalue weighted by molar-refractivity contribution is 9.09. The fraction of sp³-hybridized carbons (Fsp3) is 0.200. The van der Waals surface area contributed by atoms with Crippen LogP contribution in [0.2, 0.25) is 0 Å². The molecule has 1 aromatic heterocycles. The minimum Gasteiger partial charge on any atom is -0.482 e. The van der Waals surface area contributed by atoms with Crippen molar-refractivity contribution in [3.05, 3.63) is 59.9 Å². The number of nitrogens with zero attached hydrogens (tertiary/aromatic N) is 1. The van der Waals surface area contributed by atoms with Gasteiger partial charge in [0.05, 0.1) is 6.04 Å². The quantitative estimate of drug-likeness (QED) is 0.853. The van der Waals surface area contributed by atoms with Gasteiger partial charge in [-0.3, -0.25) is 9.78 Å². The number of amides is 1. The number of aromatic nitrogens is 1. The van der Waals surface area contributed by atoms with Gasteiger partial charge in [-0.15, -0.1) is 0 Å². The average Bonchev–Trinajstić information content (AvgIpc) is 2.48. The van der Waals surface area contributed by atoms with Gasteiger partial charge in [0.25, 0.3) is 5.91 Å². The molecule has 0 aliphatic rings. The summed E-state index contributed by atoms with van der Waals surface area (Å²) in [5, 5.41) is 2.95. The van der Waals surface area contributed by atoms with Crippen LogP contribution in [0.4, 0.5) is 0 Å². The minimum atomic E-state index is -0.130. The standard InChI is InChI=1S/C15H15BrN2O2/c1-11(12-5-7-17-8-6-12)18-15(19)13-3-2-4-14(9-13)20-10-16/h2-9,11H,10H2,1H3,(H,18,19). The number of carbonyl (C=O) groups is 1. The lowest BCUT2D eigenvalue weighted by Gasteiger charge is -2.14. The lowest BCUT2D eigenvalue weighted by Crippen LogP contribution is -2.26. The molecule has 1 unspecified atom stereocenters. The van der Waals surface area contributed by atoms with Gasteiger partial charge in [-0.25, -0.2) is 0 Å². The molecule has 1 aromatic carbocycles. The second-order valence-corrected chi connectivity index (χ2v) is 4.71. The molecule has 0 radical (unpaired) electrons. The summed E-state index contributed by atoms with van der Waals surface area (Å²) in [4.78, 5) is 16.2. The van der Waals surface area contributed by atoms with Gasteiger partial charge in [0.1, 0.15) is 11.3 Å². The molecule has 0 fully saturated rings. The van der Waals surface area contributed by atoms with Crippen molar-refractivity contribution in [2.24, 2.45) is 0 Å². The van der Waals surface area contributed by atoms with Crippen molar-refractivity contribution in [1.82, 2.24) is 10.3 Å². The number of pyridine rings is 1. The van der Waals surface area contributed by atoms with E-state index >= 15 is 0 Å². The molecule has 4 nitrogen and oxygen atoms in total. The highest BCUT2D eigenvalue weighted by Crippen LogP contribution is 2.16. The van der Waals surface area contributed by atoms with Gasteiger partial charge in [-0.05, 0) is 58.7 Å². The maximum absolute atomic E-state index is 12.2. The third-order valence-electron chi connectivity index (χ3n) is 2.87. The van der Waals surface area contributed by atoms with Crippen molar-refractivity contribution >= 4 is 21.8 Å². The summed E-state index contributed by atoms with van der Waals surface area (Å²) in [5.41, 5.74) is 1.98. The highest BCUT2D eigenvalue weighted by atomic mass is 79.9. The van der Waals surface area contributed by atoms with E-state index in [0.29, 0.717) is 16.8 Å². The Labute approximate surface area is 126 Å². The molecule has 1 amide bonds. The van der Waals surface area contributed by atoms with E-state index in [2.05, 4.69) is 26.2 Å². The summed E-state index contributed by atoms with van der Waals surface area (Å²) in [6.45, 7) is 1.94. The summed E-state index contributed by atoms with van der Waals surface area (Å²) in [6.07, 6.45) is 3.42. The number of rotatable bonds is 5. The summed E-state index contributed by atoms with van der Waals surface area (Å²) in [5.74, 6) is 0.528. The number of hydrogen-bond donors (Lipinski definition) is 1. The Morgan fingerprint density at radius 1 is 1.35 bits per heavy atom. The maximum atomic E-state index is 12.2. The third-order valence-corrected chi connectivity index (χ3v) is 3.10. The normalized spacial score (nSPS) is 11.7. The molecule has 0 spiro atoms. The van der Waals surface area contributed by atoms with E-state index in [4.69, 9.17) is 4.74 Å². The first kappa shape index (κ1) is 14.5. The van der Waals surface area contributed by atoms with Crippen molar-refractivity contribution in [1.29, 1.82) is 0 Å². The predicted molar refractivity (Wildman–Crippen MR) is 81.0 cm³/mol. The monoisotopic (exact) mass is 334 g/mol. The Morgan fingerprint density at radius 3 is 2.80 bits per heavy atom. The lowest BCUT2D eigenvalue weighted by atomic mass is 10.1. The van der Waals surface area contributed by atoms with Crippen molar-refractivity contribution in [3.63, 3.8) is 0 Å². The topological polar surface area (TPSA) is 51.2 Å². The Kier molecular flexibility index (Phi) is 5.12. The first-order valence-corrected chi connectivity index (χ1v) is 7.32. The van der Waals surface area contributed by atoms with Gasteiger partial charge in [0, 0.05) is 18.0 Å². The van der Waals surface area contributed by atoms with Crippen LogP contribution >= 0.6 is 15.9 Å². The van der Waals surface area contributed by atoms with E-state index < -0.39 is 0 Å². The van der Waals surface area contributed by atoms with Crippen LogP contribution in [0.15, 0.2) is 48.8 Å². The molecule has 0 aliphatic heterocycles. The first-order chi connectivity index (χ1) is 9.70. The second-order valence-electron chi connectivity index (χ2n) is 4.26. The zero-order valence-electron chi connectivity index (χ0n) is 11.0. The summed E-state index contributed by atoms with van der Waals surface area (Å²) in [6, 6.07) is 10.8. The highest BCUT2D eigenvalue weighted by Gasteiger charge is 2.11. The number of hydrogen-bond acceptors (Lipinski definition) is 3. The molecule has 2 rings (SSSR count). The van der Waals surface area contributed by atoms with Crippen LogP contribution in [0.25, 0.3) is 0 Å². The SMILES string of the molecule is CC(NC(=O)c1cccc(OCBr)c1)c1ccncc1. The van der Waals surface area contributed by atoms with Gasteiger partial charge in [-0.1, -0.05) is 6.07 Å².